The van der Waals surface area contributed by atoms with Gasteiger partial charge in [-0.2, -0.15) is 0 Å². The van der Waals surface area contributed by atoms with Crippen molar-refractivity contribution >= 4 is 10.8 Å². The van der Waals surface area contributed by atoms with Crippen molar-refractivity contribution in [2.24, 2.45) is 5.73 Å². The number of phenolic OH excluding ortho intramolecular Hbond substituents is 1. The average molecular weight is 227 g/mol. The van der Waals surface area contributed by atoms with Crippen LogP contribution in [0.4, 0.5) is 0 Å². The van der Waals surface area contributed by atoms with Gasteiger partial charge in [0.2, 0.25) is 0 Å². The maximum Gasteiger partial charge on any atom is 0.123 e. The SMILES string of the molecule is NC1(c2ccc3cccc(O)c3c2)CCCC1. The van der Waals surface area contributed by atoms with Gasteiger partial charge >= 0.3 is 0 Å². The largest absolute Gasteiger partial charge is 0.507 e. The average Bonchev–Trinajstić information content (AvgIpc) is 2.78. The summed E-state index contributed by atoms with van der Waals surface area (Å²) in [4.78, 5) is 0. The molecule has 2 aromatic rings. The van der Waals surface area contributed by atoms with Gasteiger partial charge in [0.05, 0.1) is 0 Å². The number of fused-ring (bicyclic) bond motifs is 1. The maximum absolute atomic E-state index is 9.88. The number of hydrogen-bond donors (Lipinski definition) is 2. The Kier molecular flexibility index (Phi) is 2.33. The summed E-state index contributed by atoms with van der Waals surface area (Å²) in [5.41, 5.74) is 7.41. The molecule has 17 heavy (non-hydrogen) atoms. The first-order valence-corrected chi connectivity index (χ1v) is 6.20. The Morgan fingerprint density at radius 3 is 2.59 bits per heavy atom. The first-order chi connectivity index (χ1) is 8.19. The zero-order valence-corrected chi connectivity index (χ0v) is 9.82. The predicted octanol–water partition coefficient (Wildman–Crippen LogP) is 3.27. The monoisotopic (exact) mass is 227 g/mol. The zero-order chi connectivity index (χ0) is 11.9. The molecule has 0 aromatic heterocycles. The Bertz CT molecular complexity index is 556. The van der Waals surface area contributed by atoms with Crippen LogP contribution in [-0.4, -0.2) is 5.11 Å². The van der Waals surface area contributed by atoms with Gasteiger partial charge in [0.25, 0.3) is 0 Å². The first-order valence-electron chi connectivity index (χ1n) is 6.20. The number of hydrogen-bond acceptors (Lipinski definition) is 2. The summed E-state index contributed by atoms with van der Waals surface area (Å²) in [5, 5.41) is 11.9. The van der Waals surface area contributed by atoms with Crippen molar-refractivity contribution < 1.29 is 5.11 Å². The van der Waals surface area contributed by atoms with Gasteiger partial charge in [0.1, 0.15) is 5.75 Å². The summed E-state index contributed by atoms with van der Waals surface area (Å²) in [7, 11) is 0. The summed E-state index contributed by atoms with van der Waals surface area (Å²) in [6.07, 6.45) is 4.50. The van der Waals surface area contributed by atoms with Crippen molar-refractivity contribution in [2.45, 2.75) is 31.2 Å². The van der Waals surface area contributed by atoms with Gasteiger partial charge in [-0.1, -0.05) is 37.1 Å². The standard InChI is InChI=1S/C15H17NO/c16-15(8-1-2-9-15)12-7-6-11-4-3-5-14(17)13(11)10-12/h3-7,10,17H,1-2,8-9,16H2. The second-order valence-corrected chi connectivity index (χ2v) is 5.08. The lowest BCUT2D eigenvalue weighted by atomic mass is 9.88. The number of phenols is 1. The van der Waals surface area contributed by atoms with Crippen LogP contribution in [0, 0.1) is 0 Å². The van der Waals surface area contributed by atoms with E-state index in [9.17, 15) is 5.11 Å². The van der Waals surface area contributed by atoms with E-state index < -0.39 is 0 Å². The Morgan fingerprint density at radius 1 is 1.06 bits per heavy atom. The Hall–Kier alpha value is -1.54. The lowest BCUT2D eigenvalue weighted by Gasteiger charge is -2.24. The van der Waals surface area contributed by atoms with Crippen LogP contribution in [0.25, 0.3) is 10.8 Å². The molecule has 1 aliphatic rings. The fourth-order valence-corrected chi connectivity index (χ4v) is 2.86. The molecule has 0 amide bonds. The Balaban J connectivity index is 2.16. The second kappa shape index (κ2) is 3.74. The molecule has 0 spiro atoms. The molecule has 2 aromatic carbocycles. The topological polar surface area (TPSA) is 46.2 Å². The molecule has 3 N–H and O–H groups in total. The highest BCUT2D eigenvalue weighted by molar-refractivity contribution is 5.88. The summed E-state index contributed by atoms with van der Waals surface area (Å²) < 4.78 is 0. The second-order valence-electron chi connectivity index (χ2n) is 5.08. The first kappa shape index (κ1) is 10.6. The molecule has 3 rings (SSSR count). The number of aromatic hydroxyl groups is 1. The normalized spacial score (nSPS) is 18.6. The highest BCUT2D eigenvalue weighted by Gasteiger charge is 2.31. The molecule has 0 unspecified atom stereocenters. The van der Waals surface area contributed by atoms with Crippen LogP contribution >= 0.6 is 0 Å². The van der Waals surface area contributed by atoms with E-state index in [1.54, 1.807) is 6.07 Å². The molecule has 0 heterocycles. The van der Waals surface area contributed by atoms with E-state index in [0.717, 1.165) is 29.2 Å². The predicted molar refractivity (Wildman–Crippen MR) is 69.9 cm³/mol. The molecule has 88 valence electrons. The summed E-state index contributed by atoms with van der Waals surface area (Å²) in [6.45, 7) is 0. The van der Waals surface area contributed by atoms with Gasteiger partial charge in [-0.25, -0.2) is 0 Å². The van der Waals surface area contributed by atoms with Crippen molar-refractivity contribution in [1.29, 1.82) is 0 Å². The highest BCUT2D eigenvalue weighted by atomic mass is 16.3. The summed E-state index contributed by atoms with van der Waals surface area (Å²) in [6, 6.07) is 11.8. The minimum Gasteiger partial charge on any atom is -0.507 e. The third-order valence-corrected chi connectivity index (χ3v) is 3.93. The maximum atomic E-state index is 9.88. The van der Waals surface area contributed by atoms with E-state index in [0.29, 0.717) is 5.75 Å². The minimum atomic E-state index is -0.184. The summed E-state index contributed by atoms with van der Waals surface area (Å²) in [5.74, 6) is 0.339. The highest BCUT2D eigenvalue weighted by Crippen LogP contribution is 2.38. The van der Waals surface area contributed by atoms with E-state index in [2.05, 4.69) is 18.2 Å². The zero-order valence-electron chi connectivity index (χ0n) is 9.82. The van der Waals surface area contributed by atoms with Crippen molar-refractivity contribution in [1.82, 2.24) is 0 Å². The quantitative estimate of drug-likeness (QED) is 0.785. The molecule has 0 saturated heterocycles. The van der Waals surface area contributed by atoms with E-state index in [-0.39, 0.29) is 5.54 Å². The van der Waals surface area contributed by atoms with Gasteiger partial charge in [0, 0.05) is 10.9 Å². The third kappa shape index (κ3) is 1.69. The van der Waals surface area contributed by atoms with Crippen LogP contribution < -0.4 is 5.73 Å². The van der Waals surface area contributed by atoms with E-state index in [1.165, 1.54) is 12.8 Å². The van der Waals surface area contributed by atoms with Crippen LogP contribution in [-0.2, 0) is 5.54 Å². The van der Waals surface area contributed by atoms with Crippen molar-refractivity contribution in [3.63, 3.8) is 0 Å². The van der Waals surface area contributed by atoms with Crippen LogP contribution in [0.15, 0.2) is 36.4 Å². The van der Waals surface area contributed by atoms with Crippen LogP contribution in [0.5, 0.6) is 5.75 Å². The molecule has 1 fully saturated rings. The summed E-state index contributed by atoms with van der Waals surface area (Å²) >= 11 is 0. The van der Waals surface area contributed by atoms with Crippen molar-refractivity contribution in [3.8, 4) is 5.75 Å². The molecule has 0 radical (unpaired) electrons. The van der Waals surface area contributed by atoms with Gasteiger partial charge < -0.3 is 10.8 Å². The fraction of sp³-hybridized carbons (Fsp3) is 0.333. The lowest BCUT2D eigenvalue weighted by Crippen LogP contribution is -2.32. The minimum absolute atomic E-state index is 0.184. The Morgan fingerprint density at radius 2 is 1.82 bits per heavy atom. The number of nitrogens with two attached hydrogens (primary N) is 1. The van der Waals surface area contributed by atoms with Gasteiger partial charge in [-0.3, -0.25) is 0 Å². The van der Waals surface area contributed by atoms with Crippen molar-refractivity contribution in [2.75, 3.05) is 0 Å². The number of benzene rings is 2. The van der Waals surface area contributed by atoms with E-state index >= 15 is 0 Å². The van der Waals surface area contributed by atoms with Gasteiger partial charge in [-0.15, -0.1) is 0 Å². The smallest absolute Gasteiger partial charge is 0.123 e. The third-order valence-electron chi connectivity index (χ3n) is 3.93. The molecule has 1 aliphatic carbocycles. The molecule has 2 nitrogen and oxygen atoms in total. The van der Waals surface area contributed by atoms with Crippen LogP contribution in [0.1, 0.15) is 31.2 Å². The molecule has 2 heteroatoms. The van der Waals surface area contributed by atoms with Crippen LogP contribution in [0.2, 0.25) is 0 Å². The lowest BCUT2D eigenvalue weighted by molar-refractivity contribution is 0.461. The van der Waals surface area contributed by atoms with Crippen LogP contribution in [0.3, 0.4) is 0 Å². The molecule has 0 aliphatic heterocycles. The molecule has 0 bridgehead atoms. The van der Waals surface area contributed by atoms with Gasteiger partial charge in [-0.05, 0) is 35.9 Å². The van der Waals surface area contributed by atoms with E-state index in [4.69, 9.17) is 5.73 Å². The molecular formula is C15H17NO. The van der Waals surface area contributed by atoms with Gasteiger partial charge in [0.15, 0.2) is 0 Å². The molecular weight excluding hydrogens is 210 g/mol. The fourth-order valence-electron chi connectivity index (χ4n) is 2.86. The van der Waals surface area contributed by atoms with Crippen molar-refractivity contribution in [3.05, 3.63) is 42.0 Å². The molecule has 1 saturated carbocycles. The number of rotatable bonds is 1. The van der Waals surface area contributed by atoms with E-state index in [1.807, 2.05) is 12.1 Å². The Labute approximate surface area is 101 Å². The molecule has 0 atom stereocenters.